The van der Waals surface area contributed by atoms with Gasteiger partial charge in [0.25, 0.3) is 0 Å². The fourth-order valence-corrected chi connectivity index (χ4v) is 3.35. The summed E-state index contributed by atoms with van der Waals surface area (Å²) in [4.78, 5) is 3.79. The van der Waals surface area contributed by atoms with Crippen LogP contribution < -0.4 is 9.46 Å². The second kappa shape index (κ2) is 7.99. The number of ether oxygens (including phenoxy) is 1. The van der Waals surface area contributed by atoms with Crippen LogP contribution in [0.1, 0.15) is 11.1 Å². The van der Waals surface area contributed by atoms with Crippen LogP contribution in [-0.2, 0) is 22.7 Å². The molecule has 0 bridgehead atoms. The van der Waals surface area contributed by atoms with Gasteiger partial charge in [-0.1, -0.05) is 18.2 Å². The SMILES string of the molecule is O=S(=O)(NCc1cccc(Oc2ccccn2)c1)c1ccc(C(F)(F)F)cc1. The van der Waals surface area contributed by atoms with E-state index in [2.05, 4.69) is 9.71 Å². The zero-order valence-corrected chi connectivity index (χ0v) is 15.2. The summed E-state index contributed by atoms with van der Waals surface area (Å²) < 4.78 is 70.4. The maximum Gasteiger partial charge on any atom is 0.416 e. The van der Waals surface area contributed by atoms with E-state index in [-0.39, 0.29) is 11.4 Å². The number of nitrogens with zero attached hydrogens (tertiary/aromatic N) is 1. The number of halogens is 3. The Morgan fingerprint density at radius 1 is 0.964 bits per heavy atom. The van der Waals surface area contributed by atoms with E-state index in [1.807, 2.05) is 0 Å². The number of benzene rings is 2. The lowest BCUT2D eigenvalue weighted by Crippen LogP contribution is -2.23. The van der Waals surface area contributed by atoms with Crippen LogP contribution in [0.5, 0.6) is 11.6 Å². The second-order valence-corrected chi connectivity index (χ2v) is 7.53. The lowest BCUT2D eigenvalue weighted by molar-refractivity contribution is -0.137. The topological polar surface area (TPSA) is 68.3 Å². The average Bonchev–Trinajstić information content (AvgIpc) is 2.67. The normalized spacial score (nSPS) is 12.0. The molecule has 0 saturated heterocycles. The fourth-order valence-electron chi connectivity index (χ4n) is 2.33. The molecule has 0 radical (unpaired) electrons. The maximum atomic E-state index is 12.6. The van der Waals surface area contributed by atoms with Crippen molar-refractivity contribution in [2.24, 2.45) is 0 Å². The summed E-state index contributed by atoms with van der Waals surface area (Å²) >= 11 is 0. The van der Waals surface area contributed by atoms with Crippen LogP contribution in [0.3, 0.4) is 0 Å². The number of hydrogen-bond acceptors (Lipinski definition) is 4. The van der Waals surface area contributed by atoms with Crippen molar-refractivity contribution >= 4 is 10.0 Å². The smallest absolute Gasteiger partial charge is 0.416 e. The molecule has 0 atom stereocenters. The third kappa shape index (κ3) is 5.08. The minimum Gasteiger partial charge on any atom is -0.439 e. The third-order valence-electron chi connectivity index (χ3n) is 3.72. The van der Waals surface area contributed by atoms with Gasteiger partial charge in [0, 0.05) is 18.8 Å². The Morgan fingerprint density at radius 2 is 1.71 bits per heavy atom. The maximum absolute atomic E-state index is 12.6. The highest BCUT2D eigenvalue weighted by atomic mass is 32.2. The van der Waals surface area contributed by atoms with Gasteiger partial charge in [-0.05, 0) is 48.0 Å². The summed E-state index contributed by atoms with van der Waals surface area (Å²) in [5, 5.41) is 0. The van der Waals surface area contributed by atoms with Crippen LogP contribution in [0.15, 0.2) is 77.8 Å². The molecule has 3 aromatic rings. The first-order chi connectivity index (χ1) is 13.2. The van der Waals surface area contributed by atoms with Gasteiger partial charge in [0.2, 0.25) is 15.9 Å². The van der Waals surface area contributed by atoms with Gasteiger partial charge in [0.1, 0.15) is 5.75 Å². The van der Waals surface area contributed by atoms with Gasteiger partial charge in [0.15, 0.2) is 0 Å². The molecule has 3 rings (SSSR count). The highest BCUT2D eigenvalue weighted by Gasteiger charge is 2.30. The van der Waals surface area contributed by atoms with Gasteiger partial charge in [-0.3, -0.25) is 0 Å². The van der Waals surface area contributed by atoms with Crippen molar-refractivity contribution in [1.29, 1.82) is 0 Å². The van der Waals surface area contributed by atoms with Crippen LogP contribution in [0.4, 0.5) is 13.2 Å². The molecule has 0 aliphatic rings. The van der Waals surface area contributed by atoms with Crippen molar-refractivity contribution in [3.05, 3.63) is 84.1 Å². The molecular formula is C19H15F3N2O3S. The van der Waals surface area contributed by atoms with Crippen LogP contribution in [-0.4, -0.2) is 13.4 Å². The van der Waals surface area contributed by atoms with Crippen molar-refractivity contribution in [3.8, 4) is 11.6 Å². The molecule has 0 saturated carbocycles. The van der Waals surface area contributed by atoms with Gasteiger partial charge in [-0.2, -0.15) is 13.2 Å². The largest absolute Gasteiger partial charge is 0.439 e. The lowest BCUT2D eigenvalue weighted by Gasteiger charge is -2.10. The van der Waals surface area contributed by atoms with Crippen molar-refractivity contribution in [2.45, 2.75) is 17.6 Å². The molecule has 2 aromatic carbocycles. The number of nitrogens with one attached hydrogen (secondary N) is 1. The Kier molecular flexibility index (Phi) is 5.66. The molecule has 0 fully saturated rings. The Morgan fingerprint density at radius 3 is 2.36 bits per heavy atom. The Hall–Kier alpha value is -2.91. The number of hydrogen-bond donors (Lipinski definition) is 1. The highest BCUT2D eigenvalue weighted by Crippen LogP contribution is 2.29. The summed E-state index contributed by atoms with van der Waals surface area (Å²) in [7, 11) is -3.96. The zero-order chi connectivity index (χ0) is 20.2. The predicted octanol–water partition coefficient (Wildman–Crippen LogP) is 4.37. The minimum absolute atomic E-state index is 0.0528. The van der Waals surface area contributed by atoms with Crippen LogP contribution >= 0.6 is 0 Å². The van der Waals surface area contributed by atoms with Crippen LogP contribution in [0.2, 0.25) is 0 Å². The summed E-state index contributed by atoms with van der Waals surface area (Å²) in [6.07, 6.45) is -2.94. The highest BCUT2D eigenvalue weighted by molar-refractivity contribution is 7.89. The number of sulfonamides is 1. The first kappa shape index (κ1) is 19.8. The molecular weight excluding hydrogens is 393 g/mol. The van der Waals surface area contributed by atoms with Crippen LogP contribution in [0, 0.1) is 0 Å². The van der Waals surface area contributed by atoms with E-state index in [9.17, 15) is 21.6 Å². The Labute approximate surface area is 159 Å². The van der Waals surface area contributed by atoms with E-state index >= 15 is 0 Å². The summed E-state index contributed by atoms with van der Waals surface area (Å²) in [5.74, 6) is 0.870. The van der Waals surface area contributed by atoms with Crippen LogP contribution in [0.25, 0.3) is 0 Å². The summed E-state index contributed by atoms with van der Waals surface area (Å²) in [6, 6.07) is 15.2. The molecule has 1 heterocycles. The van der Waals surface area contributed by atoms with E-state index in [0.717, 1.165) is 24.3 Å². The number of pyridine rings is 1. The van der Waals surface area contributed by atoms with Crippen molar-refractivity contribution < 1.29 is 26.3 Å². The second-order valence-electron chi connectivity index (χ2n) is 5.76. The zero-order valence-electron chi connectivity index (χ0n) is 14.3. The first-order valence-electron chi connectivity index (χ1n) is 8.09. The number of rotatable bonds is 6. The van der Waals surface area contributed by atoms with Crippen molar-refractivity contribution in [2.75, 3.05) is 0 Å². The molecule has 9 heteroatoms. The first-order valence-corrected chi connectivity index (χ1v) is 9.57. The molecule has 1 aromatic heterocycles. The quantitative estimate of drug-likeness (QED) is 0.658. The van der Waals surface area contributed by atoms with E-state index in [1.54, 1.807) is 48.7 Å². The third-order valence-corrected chi connectivity index (χ3v) is 5.13. The Balaban J connectivity index is 1.68. The fraction of sp³-hybridized carbons (Fsp3) is 0.105. The van der Waals surface area contributed by atoms with Crippen molar-refractivity contribution in [1.82, 2.24) is 9.71 Å². The predicted molar refractivity (Wildman–Crippen MR) is 96.2 cm³/mol. The molecule has 28 heavy (non-hydrogen) atoms. The van der Waals surface area contributed by atoms with Gasteiger partial charge in [-0.15, -0.1) is 0 Å². The Bertz CT molecular complexity index is 1040. The molecule has 1 N–H and O–H groups in total. The van der Waals surface area contributed by atoms with E-state index < -0.39 is 21.8 Å². The minimum atomic E-state index is -4.52. The average molecular weight is 408 g/mol. The standard InChI is InChI=1S/C19H15F3N2O3S/c20-19(21,22)15-7-9-17(10-8-15)28(25,26)24-13-14-4-3-5-16(12-14)27-18-6-1-2-11-23-18/h1-12,24H,13H2. The van der Waals surface area contributed by atoms with Gasteiger partial charge in [-0.25, -0.2) is 18.1 Å². The van der Waals surface area contributed by atoms with Gasteiger partial charge >= 0.3 is 6.18 Å². The summed E-state index contributed by atoms with van der Waals surface area (Å²) in [5.41, 5.74) is -0.297. The molecule has 146 valence electrons. The van der Waals surface area contributed by atoms with Crippen molar-refractivity contribution in [3.63, 3.8) is 0 Å². The molecule has 5 nitrogen and oxygen atoms in total. The molecule has 0 amide bonds. The number of alkyl halides is 3. The molecule has 0 spiro atoms. The van der Waals surface area contributed by atoms with E-state index in [4.69, 9.17) is 4.74 Å². The number of aromatic nitrogens is 1. The van der Waals surface area contributed by atoms with E-state index in [1.165, 1.54) is 0 Å². The molecule has 0 aliphatic heterocycles. The monoisotopic (exact) mass is 408 g/mol. The van der Waals surface area contributed by atoms with E-state index in [0.29, 0.717) is 17.2 Å². The van der Waals surface area contributed by atoms with Gasteiger partial charge < -0.3 is 4.74 Å². The lowest BCUT2D eigenvalue weighted by atomic mass is 10.2. The molecule has 0 aliphatic carbocycles. The van der Waals surface area contributed by atoms with Gasteiger partial charge in [0.05, 0.1) is 10.5 Å². The summed E-state index contributed by atoms with van der Waals surface area (Å²) in [6.45, 7) is -0.0528. The molecule has 0 unspecified atom stereocenters.